The van der Waals surface area contributed by atoms with Gasteiger partial charge in [0.05, 0.1) is 0 Å². The van der Waals surface area contributed by atoms with Crippen molar-refractivity contribution < 1.29 is 4.79 Å². The number of benzene rings is 1. The number of nitrogens with zero attached hydrogens (tertiary/aromatic N) is 1. The third-order valence-electron chi connectivity index (χ3n) is 4.59. The van der Waals surface area contributed by atoms with Crippen LogP contribution in [0.3, 0.4) is 0 Å². The Balaban J connectivity index is 1.59. The number of carbonyl (C=O) groups is 1. The van der Waals surface area contributed by atoms with Crippen LogP contribution in [-0.4, -0.2) is 47.5 Å². The summed E-state index contributed by atoms with van der Waals surface area (Å²) in [5.74, 6) is 3.05. The molecule has 1 N–H and O–H groups in total. The quantitative estimate of drug-likeness (QED) is 0.931. The van der Waals surface area contributed by atoms with Gasteiger partial charge in [-0.25, -0.2) is 0 Å². The van der Waals surface area contributed by atoms with Crippen molar-refractivity contribution in [1.82, 2.24) is 10.2 Å². The maximum atomic E-state index is 12.6. The van der Waals surface area contributed by atoms with Crippen molar-refractivity contribution in [2.75, 3.05) is 24.6 Å². The summed E-state index contributed by atoms with van der Waals surface area (Å²) in [6.07, 6.45) is 1.74. The molecule has 2 fully saturated rings. The third-order valence-corrected chi connectivity index (χ3v) is 5.72. The molecule has 0 aliphatic carbocycles. The number of hydrogen-bond acceptors (Lipinski definition) is 3. The van der Waals surface area contributed by atoms with Crippen LogP contribution in [0.15, 0.2) is 30.3 Å². The summed E-state index contributed by atoms with van der Waals surface area (Å²) in [6.45, 7) is 4.10. The van der Waals surface area contributed by atoms with Crippen LogP contribution < -0.4 is 5.32 Å². The fraction of sp³-hybridized carbons (Fsp3) is 0.588. The van der Waals surface area contributed by atoms with Crippen molar-refractivity contribution in [2.45, 2.75) is 37.8 Å². The van der Waals surface area contributed by atoms with E-state index in [1.54, 1.807) is 0 Å². The van der Waals surface area contributed by atoms with Crippen LogP contribution in [0.1, 0.15) is 31.2 Å². The zero-order valence-corrected chi connectivity index (χ0v) is 13.4. The van der Waals surface area contributed by atoms with Gasteiger partial charge in [-0.15, -0.1) is 0 Å². The van der Waals surface area contributed by atoms with Gasteiger partial charge in [-0.2, -0.15) is 11.8 Å². The van der Waals surface area contributed by atoms with Gasteiger partial charge in [-0.1, -0.05) is 30.3 Å². The Morgan fingerprint density at radius 2 is 2.19 bits per heavy atom. The minimum Gasteiger partial charge on any atom is -0.339 e. The maximum absolute atomic E-state index is 12.6. The first-order valence-electron chi connectivity index (χ1n) is 7.89. The lowest BCUT2D eigenvalue weighted by Crippen LogP contribution is -2.43. The molecule has 0 saturated carbocycles. The van der Waals surface area contributed by atoms with E-state index < -0.39 is 0 Å². The maximum Gasteiger partial charge on any atom is 0.224 e. The molecule has 0 spiro atoms. The molecule has 0 radical (unpaired) electrons. The smallest absolute Gasteiger partial charge is 0.224 e. The number of amides is 1. The van der Waals surface area contributed by atoms with Crippen LogP contribution >= 0.6 is 11.8 Å². The van der Waals surface area contributed by atoms with Crippen molar-refractivity contribution in [3.63, 3.8) is 0 Å². The lowest BCUT2D eigenvalue weighted by Gasteiger charge is -2.27. The van der Waals surface area contributed by atoms with E-state index in [-0.39, 0.29) is 0 Å². The average Bonchev–Trinajstić information content (AvgIpc) is 2.91. The summed E-state index contributed by atoms with van der Waals surface area (Å²) < 4.78 is 0. The number of carbonyl (C=O) groups excluding carboxylic acids is 1. The minimum atomic E-state index is 0.320. The van der Waals surface area contributed by atoms with E-state index in [4.69, 9.17) is 0 Å². The summed E-state index contributed by atoms with van der Waals surface area (Å²) in [5, 5.41) is 3.46. The molecule has 21 heavy (non-hydrogen) atoms. The molecule has 1 amide bonds. The molecule has 0 aromatic heterocycles. The zero-order valence-electron chi connectivity index (χ0n) is 12.6. The van der Waals surface area contributed by atoms with Gasteiger partial charge in [0.25, 0.3) is 0 Å². The van der Waals surface area contributed by atoms with Crippen LogP contribution in [0, 0.1) is 0 Å². The van der Waals surface area contributed by atoms with E-state index in [0.29, 0.717) is 30.3 Å². The molecule has 2 aliphatic rings. The van der Waals surface area contributed by atoms with Crippen molar-refractivity contribution in [3.05, 3.63) is 35.9 Å². The Labute approximate surface area is 131 Å². The monoisotopic (exact) mass is 304 g/mol. The van der Waals surface area contributed by atoms with E-state index in [1.807, 2.05) is 11.8 Å². The molecule has 1 aromatic rings. The second-order valence-corrected chi connectivity index (χ2v) is 7.32. The van der Waals surface area contributed by atoms with Gasteiger partial charge in [0.1, 0.15) is 0 Å². The summed E-state index contributed by atoms with van der Waals surface area (Å²) in [4.78, 5) is 14.7. The van der Waals surface area contributed by atoms with Gasteiger partial charge in [0, 0.05) is 49.0 Å². The lowest BCUT2D eigenvalue weighted by atomic mass is 9.97. The van der Waals surface area contributed by atoms with E-state index >= 15 is 0 Å². The minimum absolute atomic E-state index is 0.320. The van der Waals surface area contributed by atoms with Gasteiger partial charge in [0.15, 0.2) is 0 Å². The van der Waals surface area contributed by atoms with Gasteiger partial charge < -0.3 is 10.2 Å². The molecule has 3 nitrogen and oxygen atoms in total. The molecule has 0 bridgehead atoms. The first-order chi connectivity index (χ1) is 10.2. The van der Waals surface area contributed by atoms with Crippen LogP contribution in [-0.2, 0) is 4.79 Å². The standard InChI is InChI=1S/C17H24N2OS/c1-13-9-15(14-5-3-2-4-6-14)11-19(13)17(20)10-16-12-21-8-7-18-16/h2-6,13,15-16,18H,7-12H2,1H3/t13-,15-,16+/m1/s1. The topological polar surface area (TPSA) is 32.3 Å². The molecule has 3 atom stereocenters. The molecule has 2 saturated heterocycles. The van der Waals surface area contributed by atoms with Crippen LogP contribution in [0.4, 0.5) is 0 Å². The molecular weight excluding hydrogens is 280 g/mol. The first-order valence-corrected chi connectivity index (χ1v) is 9.05. The molecule has 4 heteroatoms. The highest BCUT2D eigenvalue weighted by Crippen LogP contribution is 2.32. The molecule has 1 aromatic carbocycles. The highest BCUT2D eigenvalue weighted by molar-refractivity contribution is 7.99. The van der Waals surface area contributed by atoms with Gasteiger partial charge in [-0.05, 0) is 18.9 Å². The Morgan fingerprint density at radius 1 is 1.38 bits per heavy atom. The number of thioether (sulfide) groups is 1. The Bertz CT molecular complexity index is 473. The van der Waals surface area contributed by atoms with Crippen molar-refractivity contribution in [3.8, 4) is 0 Å². The summed E-state index contributed by atoms with van der Waals surface area (Å²) in [6, 6.07) is 11.3. The molecule has 114 valence electrons. The summed E-state index contributed by atoms with van der Waals surface area (Å²) in [7, 11) is 0. The normalized spacial score (nSPS) is 29.6. The molecule has 2 aliphatic heterocycles. The van der Waals surface area contributed by atoms with Crippen molar-refractivity contribution in [1.29, 1.82) is 0 Å². The lowest BCUT2D eigenvalue weighted by molar-refractivity contribution is -0.132. The Kier molecular flexibility index (Phi) is 4.86. The highest BCUT2D eigenvalue weighted by atomic mass is 32.2. The van der Waals surface area contributed by atoms with Crippen LogP contribution in [0.5, 0.6) is 0 Å². The number of nitrogens with one attached hydrogen (secondary N) is 1. The van der Waals surface area contributed by atoms with Crippen molar-refractivity contribution in [2.24, 2.45) is 0 Å². The molecule has 2 heterocycles. The number of rotatable bonds is 3. The second-order valence-electron chi connectivity index (χ2n) is 6.17. The zero-order chi connectivity index (χ0) is 14.7. The van der Waals surface area contributed by atoms with Gasteiger partial charge >= 0.3 is 0 Å². The van der Waals surface area contributed by atoms with E-state index in [9.17, 15) is 4.79 Å². The summed E-state index contributed by atoms with van der Waals surface area (Å²) in [5.41, 5.74) is 1.37. The third kappa shape index (κ3) is 3.61. The SMILES string of the molecule is C[C@@H]1C[C@@H](c2ccccc2)CN1C(=O)C[C@H]1CSCCN1. The highest BCUT2D eigenvalue weighted by Gasteiger charge is 2.33. The fourth-order valence-electron chi connectivity index (χ4n) is 3.42. The van der Waals surface area contributed by atoms with E-state index in [1.165, 1.54) is 11.3 Å². The largest absolute Gasteiger partial charge is 0.339 e. The van der Waals surface area contributed by atoms with Gasteiger partial charge in [-0.3, -0.25) is 4.79 Å². The number of hydrogen-bond donors (Lipinski definition) is 1. The van der Waals surface area contributed by atoms with E-state index in [2.05, 4.69) is 47.5 Å². The van der Waals surface area contributed by atoms with Crippen LogP contribution in [0.25, 0.3) is 0 Å². The van der Waals surface area contributed by atoms with E-state index in [0.717, 1.165) is 25.3 Å². The first kappa shape index (κ1) is 14.9. The average molecular weight is 304 g/mol. The molecule has 0 unspecified atom stereocenters. The second kappa shape index (κ2) is 6.84. The fourth-order valence-corrected chi connectivity index (χ4v) is 4.37. The van der Waals surface area contributed by atoms with Crippen LogP contribution in [0.2, 0.25) is 0 Å². The van der Waals surface area contributed by atoms with Gasteiger partial charge in [0.2, 0.25) is 5.91 Å². The predicted molar refractivity (Wildman–Crippen MR) is 88.7 cm³/mol. The van der Waals surface area contributed by atoms with Crippen molar-refractivity contribution >= 4 is 17.7 Å². The molecule has 3 rings (SSSR count). The summed E-state index contributed by atoms with van der Waals surface area (Å²) >= 11 is 1.95. The Hall–Kier alpha value is -1.000. The molecular formula is C17H24N2OS. The predicted octanol–water partition coefficient (Wildman–Crippen LogP) is 2.49. The Morgan fingerprint density at radius 3 is 2.90 bits per heavy atom. The number of likely N-dealkylation sites (tertiary alicyclic amines) is 1.